The monoisotopic (exact) mass is 514 g/mol. The second-order valence-electron chi connectivity index (χ2n) is 7.04. The third-order valence-corrected chi connectivity index (χ3v) is 5.40. The first kappa shape index (κ1) is 22.5. The summed E-state index contributed by atoms with van der Waals surface area (Å²) in [6, 6.07) is 11.7. The third-order valence-electron chi connectivity index (χ3n) is 4.96. The zero-order chi connectivity index (χ0) is 23.7. The van der Waals surface area contributed by atoms with Crippen LogP contribution >= 0.6 is 15.9 Å². The molecule has 0 atom stereocenters. The van der Waals surface area contributed by atoms with Crippen molar-refractivity contribution in [3.05, 3.63) is 86.9 Å². The van der Waals surface area contributed by atoms with Crippen LogP contribution in [0.1, 0.15) is 17.3 Å². The standard InChI is InChI=1S/C23H17BrF2N4O3/c1-3-30(22(31)19-17(25)5-4-6-18(19)26)15-9-7-13(8-10-15)20-16(11-14(24)12-27-20)21-28-29(2)23(32)33-21/h4-12H,3H2,1-2H3. The van der Waals surface area contributed by atoms with E-state index in [0.717, 1.165) is 16.8 Å². The normalized spacial score (nSPS) is 10.9. The van der Waals surface area contributed by atoms with Crippen LogP contribution in [0.15, 0.2) is 68.4 Å². The van der Waals surface area contributed by atoms with Crippen LogP contribution in [0, 0.1) is 11.6 Å². The molecule has 0 fully saturated rings. The van der Waals surface area contributed by atoms with E-state index < -0.39 is 28.9 Å². The molecule has 0 aliphatic heterocycles. The molecule has 7 nitrogen and oxygen atoms in total. The van der Waals surface area contributed by atoms with Gasteiger partial charge in [-0.2, -0.15) is 4.68 Å². The summed E-state index contributed by atoms with van der Waals surface area (Å²) >= 11 is 3.36. The van der Waals surface area contributed by atoms with Gasteiger partial charge in [0.05, 0.1) is 11.3 Å². The van der Waals surface area contributed by atoms with E-state index >= 15 is 0 Å². The van der Waals surface area contributed by atoms with Crippen LogP contribution in [0.25, 0.3) is 22.7 Å². The number of aromatic nitrogens is 3. The average molecular weight is 515 g/mol. The Morgan fingerprint density at radius 3 is 2.39 bits per heavy atom. The number of rotatable bonds is 5. The van der Waals surface area contributed by atoms with E-state index in [0.29, 0.717) is 27.0 Å². The van der Waals surface area contributed by atoms with Crippen LogP contribution in [0.3, 0.4) is 0 Å². The van der Waals surface area contributed by atoms with Crippen molar-refractivity contribution < 1.29 is 18.0 Å². The summed E-state index contributed by atoms with van der Waals surface area (Å²) in [5.41, 5.74) is 1.50. The Balaban J connectivity index is 1.72. The predicted molar refractivity (Wildman–Crippen MR) is 122 cm³/mol. The van der Waals surface area contributed by atoms with Gasteiger partial charge in [0.2, 0.25) is 0 Å². The van der Waals surface area contributed by atoms with Crippen LogP contribution in [-0.2, 0) is 7.05 Å². The quantitative estimate of drug-likeness (QED) is 0.381. The number of pyridine rings is 1. The number of nitrogens with zero attached hydrogens (tertiary/aromatic N) is 4. The highest BCUT2D eigenvalue weighted by molar-refractivity contribution is 9.10. The lowest BCUT2D eigenvalue weighted by atomic mass is 10.0. The van der Waals surface area contributed by atoms with Gasteiger partial charge >= 0.3 is 5.76 Å². The summed E-state index contributed by atoms with van der Waals surface area (Å²) in [7, 11) is 1.48. The average Bonchev–Trinajstić information content (AvgIpc) is 3.13. The van der Waals surface area contributed by atoms with Crippen molar-refractivity contribution in [3.63, 3.8) is 0 Å². The minimum absolute atomic E-state index is 0.107. The SMILES string of the molecule is CCN(C(=O)c1c(F)cccc1F)c1ccc(-c2ncc(Br)cc2-c2nn(C)c(=O)o2)cc1. The first-order chi connectivity index (χ1) is 15.8. The molecule has 0 saturated heterocycles. The summed E-state index contributed by atoms with van der Waals surface area (Å²) in [6.07, 6.45) is 1.59. The molecule has 0 unspecified atom stereocenters. The lowest BCUT2D eigenvalue weighted by molar-refractivity contribution is 0.0980. The summed E-state index contributed by atoms with van der Waals surface area (Å²) in [4.78, 5) is 30.3. The van der Waals surface area contributed by atoms with Gasteiger partial charge < -0.3 is 9.32 Å². The molecule has 0 N–H and O–H groups in total. The van der Waals surface area contributed by atoms with Crippen molar-refractivity contribution in [2.24, 2.45) is 7.05 Å². The molecular weight excluding hydrogens is 498 g/mol. The number of anilines is 1. The molecule has 4 rings (SSSR count). The topological polar surface area (TPSA) is 81.2 Å². The van der Waals surface area contributed by atoms with E-state index in [1.54, 1.807) is 43.5 Å². The van der Waals surface area contributed by atoms with Gasteiger partial charge in [-0.1, -0.05) is 18.2 Å². The Hall–Kier alpha value is -3.66. The van der Waals surface area contributed by atoms with Crippen LogP contribution in [0.5, 0.6) is 0 Å². The van der Waals surface area contributed by atoms with Crippen LogP contribution in [0.4, 0.5) is 14.5 Å². The molecule has 0 aliphatic carbocycles. The Labute approximate surface area is 195 Å². The molecular formula is C23H17BrF2N4O3. The maximum Gasteiger partial charge on any atom is 0.437 e. The van der Waals surface area contributed by atoms with Crippen molar-refractivity contribution in [2.75, 3.05) is 11.4 Å². The third kappa shape index (κ3) is 4.34. The maximum atomic E-state index is 14.1. The van der Waals surface area contributed by atoms with Crippen molar-refractivity contribution in [1.29, 1.82) is 0 Å². The molecule has 2 aromatic heterocycles. The number of amides is 1. The second-order valence-corrected chi connectivity index (χ2v) is 7.96. The predicted octanol–water partition coefficient (Wildman–Crippen LogP) is 4.81. The number of carbonyl (C=O) groups is 1. The lowest BCUT2D eigenvalue weighted by Crippen LogP contribution is -2.32. The Morgan fingerprint density at radius 2 is 1.82 bits per heavy atom. The Morgan fingerprint density at radius 1 is 1.15 bits per heavy atom. The van der Waals surface area contributed by atoms with Gasteiger partial charge in [-0.3, -0.25) is 9.78 Å². The number of hydrogen-bond donors (Lipinski definition) is 0. The number of aryl methyl sites for hydroxylation is 1. The molecule has 2 aromatic carbocycles. The first-order valence-electron chi connectivity index (χ1n) is 9.86. The van der Waals surface area contributed by atoms with Gasteiger partial charge in [0, 0.05) is 35.5 Å². The van der Waals surface area contributed by atoms with E-state index in [9.17, 15) is 18.4 Å². The molecule has 33 heavy (non-hydrogen) atoms. The number of hydrogen-bond acceptors (Lipinski definition) is 5. The Kier molecular flexibility index (Phi) is 6.19. The second kappa shape index (κ2) is 9.07. The summed E-state index contributed by atoms with van der Waals surface area (Å²) in [6.45, 7) is 1.91. The molecule has 2 heterocycles. The molecule has 0 radical (unpaired) electrons. The van der Waals surface area contributed by atoms with Crippen molar-refractivity contribution in [1.82, 2.24) is 14.8 Å². The van der Waals surface area contributed by atoms with Crippen molar-refractivity contribution >= 4 is 27.5 Å². The van der Waals surface area contributed by atoms with Crippen LogP contribution < -0.4 is 10.7 Å². The fourth-order valence-electron chi connectivity index (χ4n) is 3.37. The van der Waals surface area contributed by atoms with E-state index in [1.165, 1.54) is 18.0 Å². The summed E-state index contributed by atoms with van der Waals surface area (Å²) in [5.74, 6) is -3.12. The number of carbonyl (C=O) groups excluding carboxylic acids is 1. The first-order valence-corrected chi connectivity index (χ1v) is 10.7. The molecule has 168 valence electrons. The van der Waals surface area contributed by atoms with E-state index in [-0.39, 0.29) is 12.4 Å². The molecule has 0 saturated carbocycles. The molecule has 0 aliphatic rings. The van der Waals surface area contributed by atoms with Gasteiger partial charge in [0.1, 0.15) is 17.2 Å². The minimum Gasteiger partial charge on any atom is -0.388 e. The van der Waals surface area contributed by atoms with Gasteiger partial charge in [0.15, 0.2) is 0 Å². The summed E-state index contributed by atoms with van der Waals surface area (Å²) < 4.78 is 35.2. The number of benzene rings is 2. The summed E-state index contributed by atoms with van der Waals surface area (Å²) in [5, 5.41) is 4.09. The zero-order valence-corrected chi connectivity index (χ0v) is 19.1. The van der Waals surface area contributed by atoms with E-state index in [1.807, 2.05) is 0 Å². The lowest BCUT2D eigenvalue weighted by Gasteiger charge is -2.22. The maximum absolute atomic E-state index is 14.1. The smallest absolute Gasteiger partial charge is 0.388 e. The number of halogens is 3. The minimum atomic E-state index is -0.921. The fraction of sp³-hybridized carbons (Fsp3) is 0.130. The largest absolute Gasteiger partial charge is 0.437 e. The van der Waals surface area contributed by atoms with E-state index in [4.69, 9.17) is 4.42 Å². The van der Waals surface area contributed by atoms with Gasteiger partial charge in [-0.15, -0.1) is 5.10 Å². The molecule has 0 bridgehead atoms. The van der Waals surface area contributed by atoms with Gasteiger partial charge in [0.25, 0.3) is 11.8 Å². The van der Waals surface area contributed by atoms with Gasteiger partial charge in [-0.05, 0) is 53.2 Å². The van der Waals surface area contributed by atoms with Crippen LogP contribution in [0.2, 0.25) is 0 Å². The zero-order valence-electron chi connectivity index (χ0n) is 17.6. The molecule has 0 spiro atoms. The molecule has 1 amide bonds. The highest BCUT2D eigenvalue weighted by atomic mass is 79.9. The van der Waals surface area contributed by atoms with Crippen molar-refractivity contribution in [2.45, 2.75) is 6.92 Å². The highest BCUT2D eigenvalue weighted by Gasteiger charge is 2.24. The fourth-order valence-corrected chi connectivity index (χ4v) is 3.70. The van der Waals surface area contributed by atoms with Crippen molar-refractivity contribution in [3.8, 4) is 22.7 Å². The highest BCUT2D eigenvalue weighted by Crippen LogP contribution is 2.32. The molecule has 10 heteroatoms. The van der Waals surface area contributed by atoms with Gasteiger partial charge in [-0.25, -0.2) is 13.6 Å². The van der Waals surface area contributed by atoms with E-state index in [2.05, 4.69) is 26.0 Å². The van der Waals surface area contributed by atoms with Crippen LogP contribution in [-0.4, -0.2) is 27.2 Å². The Bertz CT molecular complexity index is 1380. The molecule has 4 aromatic rings.